The minimum Gasteiger partial charge on any atom is -0.369 e. The van der Waals surface area contributed by atoms with E-state index in [4.69, 9.17) is 10.6 Å². The van der Waals surface area contributed by atoms with Crippen LogP contribution in [-0.4, -0.2) is 54.2 Å². The van der Waals surface area contributed by atoms with Gasteiger partial charge in [0.05, 0.1) is 19.2 Å². The standard InChI is InChI=1S/C16H24N4O3/c1-2-23-20(16(22)18-13-7-4-3-5-8-13)14-9-6-10-19(11-14)12-15(17)21/h3-5,7-8,14H,2,6,9-12H2,1H3,(H2,17,21)(H,18,22). The van der Waals surface area contributed by atoms with Crippen molar-refractivity contribution in [1.29, 1.82) is 0 Å². The predicted molar refractivity (Wildman–Crippen MR) is 87.6 cm³/mol. The SMILES string of the molecule is CCON(C(=O)Nc1ccccc1)C1CCCN(CC(N)=O)C1. The van der Waals surface area contributed by atoms with Crippen LogP contribution in [0.15, 0.2) is 30.3 Å². The molecule has 1 atom stereocenters. The summed E-state index contributed by atoms with van der Waals surface area (Å²) >= 11 is 0. The molecule has 1 heterocycles. The van der Waals surface area contributed by atoms with E-state index in [1.54, 1.807) is 0 Å². The van der Waals surface area contributed by atoms with Crippen LogP contribution in [0, 0.1) is 0 Å². The summed E-state index contributed by atoms with van der Waals surface area (Å²) in [6.07, 6.45) is 1.72. The number of piperidine rings is 1. The van der Waals surface area contributed by atoms with Crippen LogP contribution in [0.25, 0.3) is 0 Å². The Morgan fingerprint density at radius 3 is 2.78 bits per heavy atom. The van der Waals surface area contributed by atoms with Gasteiger partial charge in [-0.25, -0.2) is 4.79 Å². The summed E-state index contributed by atoms with van der Waals surface area (Å²) in [5, 5.41) is 4.22. The predicted octanol–water partition coefficient (Wildman–Crippen LogP) is 1.42. The second-order valence-electron chi connectivity index (χ2n) is 5.54. The van der Waals surface area contributed by atoms with Gasteiger partial charge in [0.1, 0.15) is 0 Å². The third-order valence-corrected chi connectivity index (χ3v) is 3.69. The maximum Gasteiger partial charge on any atom is 0.346 e. The third kappa shape index (κ3) is 5.22. The number of amides is 3. The van der Waals surface area contributed by atoms with Crippen molar-refractivity contribution < 1.29 is 14.4 Å². The van der Waals surface area contributed by atoms with Crippen molar-refractivity contribution >= 4 is 17.6 Å². The first-order valence-corrected chi connectivity index (χ1v) is 7.89. The molecular formula is C16H24N4O3. The number of nitrogens with one attached hydrogen (secondary N) is 1. The molecule has 7 nitrogen and oxygen atoms in total. The van der Waals surface area contributed by atoms with E-state index in [9.17, 15) is 9.59 Å². The number of para-hydroxylation sites is 1. The Morgan fingerprint density at radius 1 is 1.39 bits per heavy atom. The van der Waals surface area contributed by atoms with Crippen molar-refractivity contribution in [2.45, 2.75) is 25.8 Å². The van der Waals surface area contributed by atoms with Crippen LogP contribution < -0.4 is 11.1 Å². The molecule has 1 saturated heterocycles. The molecule has 0 aromatic heterocycles. The molecule has 126 valence electrons. The topological polar surface area (TPSA) is 87.9 Å². The molecule has 1 aliphatic heterocycles. The average molecular weight is 320 g/mol. The Bertz CT molecular complexity index is 523. The first-order chi connectivity index (χ1) is 11.1. The van der Waals surface area contributed by atoms with E-state index in [0.717, 1.165) is 19.4 Å². The fraction of sp³-hybridized carbons (Fsp3) is 0.500. The molecule has 2 rings (SSSR count). The molecule has 0 radical (unpaired) electrons. The Balaban J connectivity index is 2.01. The molecule has 0 aliphatic carbocycles. The molecule has 23 heavy (non-hydrogen) atoms. The molecule has 7 heteroatoms. The van der Waals surface area contributed by atoms with Gasteiger partial charge in [-0.05, 0) is 38.4 Å². The van der Waals surface area contributed by atoms with Crippen molar-refractivity contribution in [2.24, 2.45) is 5.73 Å². The molecule has 0 saturated carbocycles. The van der Waals surface area contributed by atoms with Crippen LogP contribution in [0.2, 0.25) is 0 Å². The number of hydroxylamine groups is 2. The maximum atomic E-state index is 12.5. The number of nitrogens with two attached hydrogens (primary N) is 1. The van der Waals surface area contributed by atoms with Gasteiger partial charge in [0.2, 0.25) is 5.91 Å². The van der Waals surface area contributed by atoms with Crippen molar-refractivity contribution in [2.75, 3.05) is 31.6 Å². The van der Waals surface area contributed by atoms with Gasteiger partial charge in [0.25, 0.3) is 0 Å². The smallest absolute Gasteiger partial charge is 0.346 e. The second kappa shape index (κ2) is 8.50. The van der Waals surface area contributed by atoms with Gasteiger partial charge in [-0.15, -0.1) is 0 Å². The third-order valence-electron chi connectivity index (χ3n) is 3.69. The van der Waals surface area contributed by atoms with Gasteiger partial charge in [-0.3, -0.25) is 14.5 Å². The highest BCUT2D eigenvalue weighted by Crippen LogP contribution is 2.18. The lowest BCUT2D eigenvalue weighted by Gasteiger charge is -2.37. The lowest BCUT2D eigenvalue weighted by atomic mass is 10.1. The highest BCUT2D eigenvalue weighted by Gasteiger charge is 2.30. The van der Waals surface area contributed by atoms with E-state index in [2.05, 4.69) is 5.32 Å². The molecule has 1 aromatic carbocycles. The fourth-order valence-corrected chi connectivity index (χ4v) is 2.76. The fourth-order valence-electron chi connectivity index (χ4n) is 2.76. The lowest BCUT2D eigenvalue weighted by Crippen LogP contribution is -2.52. The van der Waals surface area contributed by atoms with Crippen LogP contribution in [0.1, 0.15) is 19.8 Å². The zero-order valence-corrected chi connectivity index (χ0v) is 13.4. The molecule has 1 fully saturated rings. The molecule has 3 N–H and O–H groups in total. The molecule has 1 unspecified atom stereocenters. The summed E-state index contributed by atoms with van der Waals surface area (Å²) in [6, 6.07) is 8.84. The average Bonchev–Trinajstić information content (AvgIpc) is 2.53. The van der Waals surface area contributed by atoms with Crippen LogP contribution in [0.5, 0.6) is 0 Å². The highest BCUT2D eigenvalue weighted by molar-refractivity contribution is 5.88. The molecule has 1 aliphatic rings. The largest absolute Gasteiger partial charge is 0.369 e. The Hall–Kier alpha value is -2.12. The molecule has 3 amide bonds. The monoisotopic (exact) mass is 320 g/mol. The van der Waals surface area contributed by atoms with E-state index >= 15 is 0 Å². The van der Waals surface area contributed by atoms with Gasteiger partial charge < -0.3 is 11.1 Å². The summed E-state index contributed by atoms with van der Waals surface area (Å²) in [7, 11) is 0. The number of hydrogen-bond acceptors (Lipinski definition) is 4. The van der Waals surface area contributed by atoms with E-state index in [1.807, 2.05) is 42.2 Å². The summed E-state index contributed by atoms with van der Waals surface area (Å²) < 4.78 is 0. The minimum atomic E-state index is -0.359. The van der Waals surface area contributed by atoms with Gasteiger partial charge >= 0.3 is 6.03 Å². The van der Waals surface area contributed by atoms with Crippen molar-refractivity contribution in [3.05, 3.63) is 30.3 Å². The second-order valence-corrected chi connectivity index (χ2v) is 5.54. The number of rotatable bonds is 6. The van der Waals surface area contributed by atoms with E-state index in [-0.39, 0.29) is 24.5 Å². The van der Waals surface area contributed by atoms with Crippen molar-refractivity contribution in [3.8, 4) is 0 Å². The van der Waals surface area contributed by atoms with Crippen LogP contribution >= 0.6 is 0 Å². The lowest BCUT2D eigenvalue weighted by molar-refractivity contribution is -0.148. The van der Waals surface area contributed by atoms with Crippen LogP contribution in [0.3, 0.4) is 0 Å². The number of nitrogens with zero attached hydrogens (tertiary/aromatic N) is 2. The van der Waals surface area contributed by atoms with E-state index in [0.29, 0.717) is 18.8 Å². The number of carbonyl (C=O) groups excluding carboxylic acids is 2. The minimum absolute atomic E-state index is 0.105. The summed E-state index contributed by atoms with van der Waals surface area (Å²) in [6.45, 7) is 3.82. The maximum absolute atomic E-state index is 12.5. The van der Waals surface area contributed by atoms with Crippen LogP contribution in [-0.2, 0) is 9.63 Å². The molecule has 0 spiro atoms. The van der Waals surface area contributed by atoms with Crippen molar-refractivity contribution in [3.63, 3.8) is 0 Å². The Kier molecular flexibility index (Phi) is 6.37. The molecule has 1 aromatic rings. The number of likely N-dealkylation sites (tertiary alicyclic amines) is 1. The normalized spacial score (nSPS) is 18.4. The van der Waals surface area contributed by atoms with Gasteiger partial charge in [0.15, 0.2) is 0 Å². The first kappa shape index (κ1) is 17.2. The van der Waals surface area contributed by atoms with Crippen molar-refractivity contribution in [1.82, 2.24) is 9.96 Å². The number of carbonyl (C=O) groups is 2. The Labute approximate surface area is 136 Å². The van der Waals surface area contributed by atoms with Crippen LogP contribution in [0.4, 0.5) is 10.5 Å². The quantitative estimate of drug-likeness (QED) is 0.776. The molecule has 0 bridgehead atoms. The zero-order chi connectivity index (χ0) is 16.7. The first-order valence-electron chi connectivity index (χ1n) is 7.89. The van der Waals surface area contributed by atoms with Gasteiger partial charge in [-0.2, -0.15) is 5.06 Å². The number of hydrogen-bond donors (Lipinski definition) is 2. The number of anilines is 1. The highest BCUT2D eigenvalue weighted by atomic mass is 16.7. The Morgan fingerprint density at radius 2 is 2.13 bits per heavy atom. The zero-order valence-electron chi connectivity index (χ0n) is 13.4. The van der Waals surface area contributed by atoms with E-state index in [1.165, 1.54) is 5.06 Å². The van der Waals surface area contributed by atoms with E-state index < -0.39 is 0 Å². The number of primary amides is 1. The summed E-state index contributed by atoms with van der Waals surface area (Å²) in [5.74, 6) is -0.359. The van der Waals surface area contributed by atoms with Gasteiger partial charge in [-0.1, -0.05) is 18.2 Å². The molecular weight excluding hydrogens is 296 g/mol. The summed E-state index contributed by atoms with van der Waals surface area (Å²) in [4.78, 5) is 31.1. The van der Waals surface area contributed by atoms with Gasteiger partial charge in [0, 0.05) is 12.2 Å². The number of benzene rings is 1. The number of urea groups is 1. The summed E-state index contributed by atoms with van der Waals surface area (Å²) in [5.41, 5.74) is 5.98.